The van der Waals surface area contributed by atoms with Crippen molar-refractivity contribution in [3.05, 3.63) is 63.1 Å². The highest BCUT2D eigenvalue weighted by molar-refractivity contribution is 7.89. The summed E-state index contributed by atoms with van der Waals surface area (Å²) in [6, 6.07) is 11.8. The van der Waals surface area contributed by atoms with Gasteiger partial charge < -0.3 is 9.84 Å². The smallest absolute Gasteiger partial charge is 0.244 e. The molecule has 0 aliphatic carbocycles. The average Bonchev–Trinajstić information content (AvgIpc) is 2.74. The minimum atomic E-state index is -3.73. The van der Waals surface area contributed by atoms with E-state index in [1.54, 1.807) is 18.2 Å². The number of aliphatic hydroxyl groups is 1. The molecule has 0 bridgehead atoms. The second-order valence-corrected chi connectivity index (χ2v) is 10.6. The van der Waals surface area contributed by atoms with Gasteiger partial charge in [-0.15, -0.1) is 0 Å². The van der Waals surface area contributed by atoms with Gasteiger partial charge in [-0.1, -0.05) is 46.9 Å². The molecule has 2 aromatic carbocycles. The molecule has 0 amide bonds. The molecule has 170 valence electrons. The van der Waals surface area contributed by atoms with Gasteiger partial charge in [-0.25, -0.2) is 8.42 Å². The van der Waals surface area contributed by atoms with Crippen molar-refractivity contribution < 1.29 is 18.3 Å². The van der Waals surface area contributed by atoms with E-state index in [4.69, 9.17) is 39.5 Å². The van der Waals surface area contributed by atoms with Crippen molar-refractivity contribution in [2.75, 3.05) is 39.3 Å². The summed E-state index contributed by atoms with van der Waals surface area (Å²) in [5.74, 6) is 0. The molecule has 1 heterocycles. The second kappa shape index (κ2) is 10.8. The van der Waals surface area contributed by atoms with Gasteiger partial charge in [0.05, 0.1) is 23.8 Å². The van der Waals surface area contributed by atoms with Gasteiger partial charge in [-0.05, 0) is 42.8 Å². The van der Waals surface area contributed by atoms with Gasteiger partial charge in [0.15, 0.2) is 0 Å². The highest BCUT2D eigenvalue weighted by atomic mass is 35.5. The molecule has 0 spiro atoms. The van der Waals surface area contributed by atoms with Crippen LogP contribution >= 0.6 is 34.8 Å². The Kier molecular flexibility index (Phi) is 8.63. The lowest BCUT2D eigenvalue weighted by Crippen LogP contribution is -2.50. The summed E-state index contributed by atoms with van der Waals surface area (Å²) in [5, 5.41) is 11.5. The summed E-state index contributed by atoms with van der Waals surface area (Å²) >= 11 is 17.9. The fourth-order valence-corrected chi connectivity index (χ4v) is 5.69. The number of ether oxygens (including phenoxy) is 1. The summed E-state index contributed by atoms with van der Waals surface area (Å²) in [6.07, 6.45) is -0.850. The van der Waals surface area contributed by atoms with Gasteiger partial charge >= 0.3 is 0 Å². The van der Waals surface area contributed by atoms with Crippen LogP contribution in [0.25, 0.3) is 0 Å². The zero-order valence-electron chi connectivity index (χ0n) is 17.0. The minimum absolute atomic E-state index is 0.0136. The van der Waals surface area contributed by atoms with Gasteiger partial charge in [0, 0.05) is 42.8 Å². The fraction of sp³-hybridized carbons (Fsp3) is 0.429. The Morgan fingerprint density at radius 1 is 1.00 bits per heavy atom. The van der Waals surface area contributed by atoms with Crippen molar-refractivity contribution in [3.8, 4) is 0 Å². The van der Waals surface area contributed by atoms with Crippen LogP contribution in [-0.4, -0.2) is 68.2 Å². The molecular weight excluding hydrogens is 483 g/mol. The third kappa shape index (κ3) is 6.55. The molecule has 1 N–H and O–H groups in total. The largest absolute Gasteiger partial charge is 0.389 e. The maximum absolute atomic E-state index is 12.9. The van der Waals surface area contributed by atoms with Crippen molar-refractivity contribution in [3.63, 3.8) is 0 Å². The Morgan fingerprint density at radius 2 is 1.61 bits per heavy atom. The van der Waals surface area contributed by atoms with Crippen molar-refractivity contribution in [2.24, 2.45) is 0 Å². The summed E-state index contributed by atoms with van der Waals surface area (Å²) in [4.78, 5) is 2.03. The zero-order chi connectivity index (χ0) is 22.6. The number of hydrogen-bond donors (Lipinski definition) is 1. The first kappa shape index (κ1) is 24.7. The van der Waals surface area contributed by atoms with E-state index < -0.39 is 16.1 Å². The number of piperazine rings is 1. The van der Waals surface area contributed by atoms with Crippen molar-refractivity contribution in [1.82, 2.24) is 9.21 Å². The van der Waals surface area contributed by atoms with Gasteiger partial charge in [0.1, 0.15) is 4.90 Å². The summed E-state index contributed by atoms with van der Waals surface area (Å²) < 4.78 is 33.0. The normalized spacial score (nSPS) is 18.1. The standard InChI is InChI=1S/C21H25Cl3N2O4S/c1-15(16-2-4-17(22)5-3-16)30-14-19(27)13-25-8-10-26(11-9-25)31(28,29)21-12-18(23)6-7-20(21)24/h2-7,12,15,19,27H,8-11,13-14H2,1H3/t15-,19-/m0/s1. The van der Waals surface area contributed by atoms with E-state index in [0.29, 0.717) is 42.8 Å². The molecule has 0 aromatic heterocycles. The van der Waals surface area contributed by atoms with Crippen LogP contribution in [0, 0.1) is 0 Å². The first-order valence-corrected chi connectivity index (χ1v) is 12.5. The number of aliphatic hydroxyl groups excluding tert-OH is 1. The van der Waals surface area contributed by atoms with E-state index in [-0.39, 0.29) is 22.6 Å². The lowest BCUT2D eigenvalue weighted by Gasteiger charge is -2.35. The first-order valence-electron chi connectivity index (χ1n) is 9.89. The van der Waals surface area contributed by atoms with Crippen LogP contribution in [0.5, 0.6) is 0 Å². The number of halogens is 3. The highest BCUT2D eigenvalue weighted by Gasteiger charge is 2.30. The zero-order valence-corrected chi connectivity index (χ0v) is 20.1. The quantitative estimate of drug-likeness (QED) is 0.583. The molecule has 6 nitrogen and oxygen atoms in total. The molecule has 1 aliphatic heterocycles. The Morgan fingerprint density at radius 3 is 2.26 bits per heavy atom. The van der Waals surface area contributed by atoms with Gasteiger partial charge in [-0.2, -0.15) is 4.31 Å². The van der Waals surface area contributed by atoms with Crippen LogP contribution in [0.3, 0.4) is 0 Å². The molecule has 0 saturated carbocycles. The predicted molar refractivity (Wildman–Crippen MR) is 123 cm³/mol. The molecule has 2 aromatic rings. The van der Waals surface area contributed by atoms with Crippen LogP contribution in [0.1, 0.15) is 18.6 Å². The first-order chi connectivity index (χ1) is 14.7. The molecule has 0 unspecified atom stereocenters. The van der Waals surface area contributed by atoms with Crippen LogP contribution in [-0.2, 0) is 14.8 Å². The van der Waals surface area contributed by atoms with E-state index in [9.17, 15) is 13.5 Å². The number of hydrogen-bond acceptors (Lipinski definition) is 5. The molecule has 0 radical (unpaired) electrons. The third-order valence-corrected chi connectivity index (χ3v) is 8.06. The fourth-order valence-electron chi connectivity index (χ4n) is 3.40. The Bertz CT molecular complexity index is 981. The van der Waals surface area contributed by atoms with E-state index in [1.165, 1.54) is 16.4 Å². The molecule has 10 heteroatoms. The van der Waals surface area contributed by atoms with Crippen LogP contribution in [0.15, 0.2) is 47.4 Å². The van der Waals surface area contributed by atoms with Gasteiger partial charge in [0.25, 0.3) is 0 Å². The molecule has 2 atom stereocenters. The maximum Gasteiger partial charge on any atom is 0.244 e. The van der Waals surface area contributed by atoms with E-state index in [1.807, 2.05) is 24.0 Å². The molecule has 1 saturated heterocycles. The Labute approximate surface area is 198 Å². The Balaban J connectivity index is 1.48. The lowest BCUT2D eigenvalue weighted by molar-refractivity contribution is -0.0186. The van der Waals surface area contributed by atoms with E-state index in [2.05, 4.69) is 0 Å². The number of β-amino-alcohol motifs (C(OH)–C–C–N with tert-alkyl or cyclic N) is 1. The lowest BCUT2D eigenvalue weighted by atomic mass is 10.1. The Hall–Kier alpha value is -0.900. The monoisotopic (exact) mass is 506 g/mol. The highest BCUT2D eigenvalue weighted by Crippen LogP contribution is 2.28. The number of sulfonamides is 1. The summed E-state index contributed by atoms with van der Waals surface area (Å²) in [5.41, 5.74) is 0.982. The predicted octanol–water partition coefficient (Wildman–Crippen LogP) is 4.09. The maximum atomic E-state index is 12.9. The minimum Gasteiger partial charge on any atom is -0.389 e. The topological polar surface area (TPSA) is 70.1 Å². The average molecular weight is 508 g/mol. The SMILES string of the molecule is C[C@H](OC[C@@H](O)CN1CCN(S(=O)(=O)c2cc(Cl)ccc2Cl)CC1)c1ccc(Cl)cc1. The number of nitrogens with zero attached hydrogens (tertiary/aromatic N) is 2. The summed E-state index contributed by atoms with van der Waals surface area (Å²) in [7, 11) is -3.73. The van der Waals surface area contributed by atoms with Crippen LogP contribution in [0.4, 0.5) is 0 Å². The van der Waals surface area contributed by atoms with Gasteiger partial charge in [0.2, 0.25) is 10.0 Å². The molecule has 3 rings (SSSR count). The molecular formula is C21H25Cl3N2O4S. The van der Waals surface area contributed by atoms with Gasteiger partial charge in [-0.3, -0.25) is 4.90 Å². The molecule has 31 heavy (non-hydrogen) atoms. The van der Waals surface area contributed by atoms with Crippen molar-refractivity contribution in [2.45, 2.75) is 24.0 Å². The van der Waals surface area contributed by atoms with Crippen LogP contribution in [0.2, 0.25) is 15.1 Å². The molecule has 1 aliphatic rings. The van der Waals surface area contributed by atoms with E-state index in [0.717, 1.165) is 5.56 Å². The number of benzene rings is 2. The third-order valence-electron chi connectivity index (χ3n) is 5.19. The molecule has 1 fully saturated rings. The summed E-state index contributed by atoms with van der Waals surface area (Å²) in [6.45, 7) is 4.11. The van der Waals surface area contributed by atoms with E-state index >= 15 is 0 Å². The van der Waals surface area contributed by atoms with Crippen molar-refractivity contribution >= 4 is 44.8 Å². The second-order valence-electron chi connectivity index (χ2n) is 7.46. The van der Waals surface area contributed by atoms with Crippen molar-refractivity contribution in [1.29, 1.82) is 0 Å². The number of rotatable bonds is 8. The van der Waals surface area contributed by atoms with Crippen LogP contribution < -0.4 is 0 Å².